The van der Waals surface area contributed by atoms with Crippen LogP contribution in [0.2, 0.25) is 0 Å². The maximum Gasteiger partial charge on any atom is 0.225 e. The number of hydrogen-bond donors (Lipinski definition) is 0. The zero-order valence-electron chi connectivity index (χ0n) is 9.01. The van der Waals surface area contributed by atoms with E-state index in [0.717, 1.165) is 12.8 Å². The first-order valence-electron chi connectivity index (χ1n) is 4.87. The second-order valence-corrected chi connectivity index (χ2v) is 3.95. The third kappa shape index (κ3) is 3.99. The van der Waals surface area contributed by atoms with Crippen molar-refractivity contribution in [3.8, 4) is 0 Å². The fraction of sp³-hybridized carbons (Fsp3) is 0.900. The molecule has 0 N–H and O–H groups in total. The van der Waals surface area contributed by atoms with Gasteiger partial charge in [0, 0.05) is 24.9 Å². The molecule has 0 fully saturated rings. The molecule has 0 saturated carbocycles. The molecule has 0 rings (SSSR count). The van der Waals surface area contributed by atoms with Gasteiger partial charge in [0.1, 0.15) is 0 Å². The van der Waals surface area contributed by atoms with Gasteiger partial charge in [0.2, 0.25) is 5.91 Å². The normalized spacial score (nSPS) is 15.2. The third-order valence-electron chi connectivity index (χ3n) is 2.38. The minimum atomic E-state index is 0.126. The Balaban J connectivity index is 4.08. The highest BCUT2D eigenvalue weighted by Crippen LogP contribution is 2.11. The van der Waals surface area contributed by atoms with E-state index in [9.17, 15) is 4.79 Å². The molecule has 0 aromatic rings. The van der Waals surface area contributed by atoms with Crippen LogP contribution < -0.4 is 0 Å². The minimum Gasteiger partial charge on any atom is -0.342 e. The number of nitrogens with zero attached hydrogens (tertiary/aromatic N) is 1. The van der Waals surface area contributed by atoms with Gasteiger partial charge in [-0.25, -0.2) is 0 Å². The summed E-state index contributed by atoms with van der Waals surface area (Å²) in [7, 11) is 1.82. The lowest BCUT2D eigenvalue weighted by atomic mass is 10.0. The van der Waals surface area contributed by atoms with E-state index < -0.39 is 0 Å². The summed E-state index contributed by atoms with van der Waals surface area (Å²) in [5, 5.41) is 0. The third-order valence-corrected chi connectivity index (χ3v) is 2.82. The van der Waals surface area contributed by atoms with E-state index >= 15 is 0 Å². The van der Waals surface area contributed by atoms with Crippen molar-refractivity contribution in [2.24, 2.45) is 5.92 Å². The summed E-state index contributed by atoms with van der Waals surface area (Å²) in [6.45, 7) is 6.03. The van der Waals surface area contributed by atoms with E-state index in [1.165, 1.54) is 0 Å². The van der Waals surface area contributed by atoms with Gasteiger partial charge in [0.25, 0.3) is 0 Å². The Morgan fingerprint density at radius 1 is 1.46 bits per heavy atom. The van der Waals surface area contributed by atoms with Crippen LogP contribution in [0.3, 0.4) is 0 Å². The van der Waals surface area contributed by atoms with Crippen molar-refractivity contribution in [1.29, 1.82) is 0 Å². The van der Waals surface area contributed by atoms with Gasteiger partial charge >= 0.3 is 0 Å². The Kier molecular flexibility index (Phi) is 6.13. The highest BCUT2D eigenvalue weighted by Gasteiger charge is 2.19. The molecule has 0 heterocycles. The number of hydrogen-bond acceptors (Lipinski definition) is 1. The van der Waals surface area contributed by atoms with Crippen molar-refractivity contribution in [2.45, 2.75) is 39.7 Å². The first-order valence-corrected chi connectivity index (χ1v) is 5.40. The fourth-order valence-corrected chi connectivity index (χ4v) is 1.43. The number of carbonyl (C=O) groups excluding carboxylic acids is 1. The molecule has 2 nitrogen and oxygen atoms in total. The van der Waals surface area contributed by atoms with Crippen molar-refractivity contribution in [2.75, 3.05) is 12.9 Å². The van der Waals surface area contributed by atoms with Gasteiger partial charge < -0.3 is 4.90 Å². The minimum absolute atomic E-state index is 0.126. The van der Waals surface area contributed by atoms with Crippen molar-refractivity contribution in [1.82, 2.24) is 4.90 Å². The van der Waals surface area contributed by atoms with Gasteiger partial charge in [-0.15, -0.1) is 11.6 Å². The van der Waals surface area contributed by atoms with Gasteiger partial charge in [-0.1, -0.05) is 20.3 Å². The Labute approximate surface area is 86.2 Å². The second-order valence-electron chi connectivity index (χ2n) is 3.64. The number of halogens is 1. The van der Waals surface area contributed by atoms with Gasteiger partial charge in [-0.05, 0) is 13.3 Å². The summed E-state index contributed by atoms with van der Waals surface area (Å²) < 4.78 is 0. The van der Waals surface area contributed by atoms with Crippen molar-refractivity contribution >= 4 is 17.5 Å². The highest BCUT2D eigenvalue weighted by molar-refractivity contribution is 6.18. The first kappa shape index (κ1) is 12.8. The second kappa shape index (κ2) is 6.25. The molecule has 13 heavy (non-hydrogen) atoms. The number of alkyl halides is 1. The van der Waals surface area contributed by atoms with Crippen molar-refractivity contribution in [3.05, 3.63) is 0 Å². The number of carbonyl (C=O) groups is 1. The van der Waals surface area contributed by atoms with Crippen molar-refractivity contribution in [3.63, 3.8) is 0 Å². The van der Waals surface area contributed by atoms with Gasteiger partial charge in [0.15, 0.2) is 0 Å². The first-order chi connectivity index (χ1) is 6.04. The Morgan fingerprint density at radius 2 is 2.00 bits per heavy atom. The molecular formula is C10H20ClNO. The van der Waals surface area contributed by atoms with E-state index in [1.807, 2.05) is 20.9 Å². The van der Waals surface area contributed by atoms with Crippen LogP contribution in [-0.2, 0) is 4.79 Å². The van der Waals surface area contributed by atoms with Crippen LogP contribution in [0, 0.1) is 5.92 Å². The van der Waals surface area contributed by atoms with Gasteiger partial charge in [0.05, 0.1) is 0 Å². The molecule has 0 aliphatic rings. The molecule has 0 bridgehead atoms. The smallest absolute Gasteiger partial charge is 0.225 e. The molecule has 1 amide bonds. The summed E-state index contributed by atoms with van der Waals surface area (Å²) in [5.41, 5.74) is 0. The Hall–Kier alpha value is -0.240. The molecule has 0 saturated heterocycles. The maximum atomic E-state index is 11.7. The van der Waals surface area contributed by atoms with E-state index in [1.54, 1.807) is 4.90 Å². The molecule has 3 heteroatoms. The lowest BCUT2D eigenvalue weighted by Crippen LogP contribution is -2.39. The molecule has 0 aliphatic carbocycles. The maximum absolute atomic E-state index is 11.7. The standard InChI is InChI=1S/C10H20ClNO/c1-5-6-8(2)10(13)12(4)9(3)7-11/h8-9H,5-7H2,1-4H3. The van der Waals surface area contributed by atoms with Gasteiger partial charge in [-0.2, -0.15) is 0 Å². The monoisotopic (exact) mass is 205 g/mol. The average molecular weight is 206 g/mol. The molecule has 0 aromatic heterocycles. The van der Waals surface area contributed by atoms with Crippen LogP contribution in [0.5, 0.6) is 0 Å². The van der Waals surface area contributed by atoms with Crippen LogP contribution >= 0.6 is 11.6 Å². The van der Waals surface area contributed by atoms with Crippen LogP contribution in [-0.4, -0.2) is 29.8 Å². The van der Waals surface area contributed by atoms with E-state index in [-0.39, 0.29) is 17.9 Å². The SMILES string of the molecule is CCCC(C)C(=O)N(C)C(C)CCl. The van der Waals surface area contributed by atoms with Crippen LogP contribution in [0.15, 0.2) is 0 Å². The molecule has 0 aliphatic heterocycles. The zero-order chi connectivity index (χ0) is 10.4. The number of amides is 1. The van der Waals surface area contributed by atoms with E-state index in [2.05, 4.69) is 6.92 Å². The molecule has 0 radical (unpaired) electrons. The van der Waals surface area contributed by atoms with Crippen molar-refractivity contribution < 1.29 is 4.79 Å². The average Bonchev–Trinajstić information content (AvgIpc) is 2.14. The van der Waals surface area contributed by atoms with Crippen LogP contribution in [0.1, 0.15) is 33.6 Å². The molecule has 2 unspecified atom stereocenters. The lowest BCUT2D eigenvalue weighted by Gasteiger charge is -2.26. The number of rotatable bonds is 5. The Bertz CT molecular complexity index is 161. The molecule has 2 atom stereocenters. The topological polar surface area (TPSA) is 20.3 Å². The molecular weight excluding hydrogens is 186 g/mol. The predicted molar refractivity (Wildman–Crippen MR) is 57.0 cm³/mol. The molecule has 0 spiro atoms. The quantitative estimate of drug-likeness (QED) is 0.632. The predicted octanol–water partition coefficient (Wildman–Crippen LogP) is 2.51. The van der Waals surface area contributed by atoms with E-state index in [0.29, 0.717) is 5.88 Å². The lowest BCUT2D eigenvalue weighted by molar-refractivity contribution is -0.135. The van der Waals surface area contributed by atoms with E-state index in [4.69, 9.17) is 11.6 Å². The summed E-state index contributed by atoms with van der Waals surface area (Å²) in [6, 6.07) is 0.133. The largest absolute Gasteiger partial charge is 0.342 e. The summed E-state index contributed by atoms with van der Waals surface area (Å²) >= 11 is 5.68. The van der Waals surface area contributed by atoms with Crippen LogP contribution in [0.4, 0.5) is 0 Å². The molecule has 0 aromatic carbocycles. The fourth-order valence-electron chi connectivity index (χ4n) is 1.22. The Morgan fingerprint density at radius 3 is 2.38 bits per heavy atom. The van der Waals surface area contributed by atoms with Gasteiger partial charge in [-0.3, -0.25) is 4.79 Å². The molecule has 78 valence electrons. The van der Waals surface area contributed by atoms with Crippen LogP contribution in [0.25, 0.3) is 0 Å². The summed E-state index contributed by atoms with van der Waals surface area (Å²) in [5.74, 6) is 0.830. The highest BCUT2D eigenvalue weighted by atomic mass is 35.5. The summed E-state index contributed by atoms with van der Waals surface area (Å²) in [4.78, 5) is 13.4. The summed E-state index contributed by atoms with van der Waals surface area (Å²) in [6.07, 6.45) is 2.01. The zero-order valence-corrected chi connectivity index (χ0v) is 9.77.